The first-order valence-corrected chi connectivity index (χ1v) is 6.03. The lowest BCUT2D eigenvalue weighted by Gasteiger charge is -2.21. The Hall–Kier alpha value is -0.0500. The molecule has 0 amide bonds. The van der Waals surface area contributed by atoms with E-state index in [-0.39, 0.29) is 5.97 Å². The minimum absolute atomic E-state index is 0.265. The van der Waals surface area contributed by atoms with E-state index in [0.29, 0.717) is 3.58 Å². The maximum Gasteiger partial charge on any atom is 0.346 e. The summed E-state index contributed by atoms with van der Waals surface area (Å²) >= 11 is 4.14. The van der Waals surface area contributed by atoms with Crippen molar-refractivity contribution in [2.45, 2.75) is 12.5 Å². The summed E-state index contributed by atoms with van der Waals surface area (Å²) in [6.07, 6.45) is 3.17. The molecule has 0 N–H and O–H groups in total. The minimum atomic E-state index is -0.666. The molecule has 0 fully saturated rings. The van der Waals surface area contributed by atoms with Crippen LogP contribution in [0.2, 0.25) is 0 Å². The molecule has 0 saturated heterocycles. The van der Waals surface area contributed by atoms with E-state index in [9.17, 15) is 4.79 Å². The van der Waals surface area contributed by atoms with Gasteiger partial charge in [-0.3, -0.25) is 0 Å². The Morgan fingerprint density at radius 1 is 1.43 bits per heavy atom. The number of ether oxygens (including phenoxy) is 1. The Morgan fingerprint density at radius 3 is 2.57 bits per heavy atom. The van der Waals surface area contributed by atoms with E-state index in [0.717, 1.165) is 9.14 Å². The maximum atomic E-state index is 11.4. The van der Waals surface area contributed by atoms with Crippen molar-refractivity contribution in [3.63, 3.8) is 0 Å². The zero-order valence-corrected chi connectivity index (χ0v) is 11.5. The lowest BCUT2D eigenvalue weighted by molar-refractivity contribution is -0.145. The highest BCUT2D eigenvalue weighted by Gasteiger charge is 2.44. The predicted molar refractivity (Wildman–Crippen MR) is 67.2 cm³/mol. The maximum absolute atomic E-state index is 11.4. The molecule has 1 aromatic heterocycles. The summed E-state index contributed by atoms with van der Waals surface area (Å²) < 4.78 is 11.9. The predicted octanol–water partition coefficient (Wildman–Crippen LogP) is 3.13. The van der Waals surface area contributed by atoms with Gasteiger partial charge in [-0.05, 0) is 58.2 Å². The summed E-state index contributed by atoms with van der Waals surface area (Å²) in [6.45, 7) is 1.86. The van der Waals surface area contributed by atoms with Crippen LogP contribution in [0.3, 0.4) is 0 Å². The molecule has 0 bridgehead atoms. The highest BCUT2D eigenvalue weighted by Crippen LogP contribution is 2.46. The molecule has 1 aliphatic rings. The number of carbonyl (C=O) groups is 1. The van der Waals surface area contributed by atoms with Crippen molar-refractivity contribution in [1.82, 2.24) is 0 Å². The molecular formula is C9H6I2O3. The quantitative estimate of drug-likeness (QED) is 0.522. The number of cyclic esters (lactones) is 1. The molecule has 1 unspecified atom stereocenters. The second-order valence-electron chi connectivity index (χ2n) is 3.06. The average molecular weight is 416 g/mol. The number of furan rings is 1. The molecule has 2 rings (SSSR count). The van der Waals surface area contributed by atoms with E-state index in [1.165, 1.54) is 0 Å². The van der Waals surface area contributed by atoms with Crippen molar-refractivity contribution in [2.75, 3.05) is 0 Å². The number of esters is 1. The molecule has 3 nitrogen and oxygen atoms in total. The van der Waals surface area contributed by atoms with Gasteiger partial charge < -0.3 is 9.15 Å². The summed E-state index contributed by atoms with van der Waals surface area (Å²) in [5.74, 6) is -0.265. The number of carbonyl (C=O) groups excluding carboxylic acids is 1. The Morgan fingerprint density at radius 2 is 2.14 bits per heavy atom. The lowest BCUT2D eigenvalue weighted by atomic mass is 10.00. The van der Waals surface area contributed by atoms with Crippen molar-refractivity contribution < 1.29 is 13.9 Å². The third-order valence-corrected chi connectivity index (χ3v) is 5.74. The van der Waals surface area contributed by atoms with Crippen molar-refractivity contribution in [2.24, 2.45) is 0 Å². The molecule has 0 aromatic carbocycles. The van der Waals surface area contributed by atoms with Crippen LogP contribution in [-0.4, -0.2) is 5.97 Å². The van der Waals surface area contributed by atoms with E-state index in [1.807, 2.05) is 29.5 Å². The molecule has 1 aliphatic heterocycles. The Kier molecular flexibility index (Phi) is 2.63. The van der Waals surface area contributed by atoms with Crippen molar-refractivity contribution in [3.05, 3.63) is 31.3 Å². The van der Waals surface area contributed by atoms with Gasteiger partial charge in [0, 0.05) is 5.56 Å². The standard InChI is InChI=1S/C9H6I2O3/c1-9(5-2-3-13-4-5)7(11)6(10)8(12)14-9/h2-4H,1H3. The van der Waals surface area contributed by atoms with Gasteiger partial charge in [0.1, 0.15) is 3.58 Å². The van der Waals surface area contributed by atoms with Gasteiger partial charge >= 0.3 is 5.97 Å². The summed E-state index contributed by atoms with van der Waals surface area (Å²) in [6, 6.07) is 1.81. The monoisotopic (exact) mass is 416 g/mol. The van der Waals surface area contributed by atoms with Crippen LogP contribution in [0.1, 0.15) is 12.5 Å². The molecule has 74 valence electrons. The average Bonchev–Trinajstić information content (AvgIpc) is 2.73. The van der Waals surface area contributed by atoms with Crippen LogP contribution in [0.5, 0.6) is 0 Å². The molecule has 1 aromatic rings. The fourth-order valence-corrected chi connectivity index (χ4v) is 2.56. The summed E-state index contributed by atoms with van der Waals surface area (Å²) in [5, 5.41) is 0. The van der Waals surface area contributed by atoms with Gasteiger partial charge in [-0.1, -0.05) is 0 Å². The van der Waals surface area contributed by atoms with Crippen molar-refractivity contribution in [3.8, 4) is 0 Å². The molecule has 1 atom stereocenters. The Bertz CT molecular complexity index is 408. The number of hydrogen-bond donors (Lipinski definition) is 0. The number of rotatable bonds is 1. The van der Waals surface area contributed by atoms with Crippen molar-refractivity contribution in [1.29, 1.82) is 0 Å². The largest absolute Gasteiger partial charge is 0.472 e. The number of hydrogen-bond acceptors (Lipinski definition) is 3. The smallest absolute Gasteiger partial charge is 0.346 e. The van der Waals surface area contributed by atoms with E-state index in [4.69, 9.17) is 9.15 Å². The van der Waals surface area contributed by atoms with Gasteiger partial charge in [0.25, 0.3) is 0 Å². The van der Waals surface area contributed by atoms with Crippen LogP contribution >= 0.6 is 45.2 Å². The summed E-state index contributed by atoms with van der Waals surface area (Å²) in [4.78, 5) is 11.4. The van der Waals surface area contributed by atoms with Gasteiger partial charge in [-0.25, -0.2) is 4.79 Å². The van der Waals surface area contributed by atoms with Crippen LogP contribution < -0.4 is 0 Å². The van der Waals surface area contributed by atoms with Crippen LogP contribution in [-0.2, 0) is 15.1 Å². The minimum Gasteiger partial charge on any atom is -0.472 e. The van der Waals surface area contributed by atoms with Crippen molar-refractivity contribution >= 4 is 51.2 Å². The molecule has 5 heteroatoms. The molecule has 0 aliphatic carbocycles. The van der Waals surface area contributed by atoms with Crippen LogP contribution in [0.15, 0.2) is 30.2 Å². The van der Waals surface area contributed by atoms with Crippen LogP contribution in [0, 0.1) is 0 Å². The third kappa shape index (κ3) is 1.40. The molecule has 2 heterocycles. The first-order chi connectivity index (χ1) is 6.55. The normalized spacial score (nSPS) is 26.9. The second-order valence-corrected chi connectivity index (χ2v) is 5.22. The topological polar surface area (TPSA) is 39.4 Å². The molecule has 14 heavy (non-hydrogen) atoms. The van der Waals surface area contributed by atoms with E-state index < -0.39 is 5.60 Å². The number of halogens is 2. The van der Waals surface area contributed by atoms with E-state index in [1.54, 1.807) is 18.6 Å². The van der Waals surface area contributed by atoms with E-state index in [2.05, 4.69) is 22.6 Å². The first-order valence-electron chi connectivity index (χ1n) is 3.87. The van der Waals surface area contributed by atoms with Gasteiger partial charge in [-0.15, -0.1) is 0 Å². The molecule has 0 saturated carbocycles. The summed E-state index contributed by atoms with van der Waals surface area (Å²) in [5.41, 5.74) is 0.197. The fourth-order valence-electron chi connectivity index (χ4n) is 1.30. The van der Waals surface area contributed by atoms with Gasteiger partial charge in [0.05, 0.1) is 16.1 Å². The SMILES string of the molecule is CC1(c2ccoc2)OC(=O)C(I)=C1I. The van der Waals surface area contributed by atoms with Gasteiger partial charge in [0.2, 0.25) is 0 Å². The van der Waals surface area contributed by atoms with Gasteiger partial charge in [-0.2, -0.15) is 0 Å². The third-order valence-electron chi connectivity index (χ3n) is 2.16. The molecule has 0 spiro atoms. The zero-order chi connectivity index (χ0) is 10.3. The first kappa shape index (κ1) is 10.5. The molecule has 0 radical (unpaired) electrons. The fraction of sp³-hybridized carbons (Fsp3) is 0.222. The molecular weight excluding hydrogens is 410 g/mol. The Labute approximate surface area is 108 Å². The van der Waals surface area contributed by atoms with Gasteiger partial charge in [0.15, 0.2) is 5.60 Å². The lowest BCUT2D eigenvalue weighted by Crippen LogP contribution is -2.22. The van der Waals surface area contributed by atoms with Crippen LogP contribution in [0.25, 0.3) is 0 Å². The van der Waals surface area contributed by atoms with E-state index >= 15 is 0 Å². The Balaban J connectivity index is 2.51. The highest BCUT2D eigenvalue weighted by molar-refractivity contribution is 14.1. The second kappa shape index (κ2) is 3.51. The summed E-state index contributed by atoms with van der Waals surface area (Å²) in [7, 11) is 0. The highest BCUT2D eigenvalue weighted by atomic mass is 127. The zero-order valence-electron chi connectivity index (χ0n) is 7.21. The van der Waals surface area contributed by atoms with Crippen LogP contribution in [0.4, 0.5) is 0 Å².